The van der Waals surface area contributed by atoms with Crippen LogP contribution >= 0.6 is 0 Å². The lowest BCUT2D eigenvalue weighted by Crippen LogP contribution is -2.27. The Labute approximate surface area is 86.8 Å². The maximum atomic E-state index is 3.81. The van der Waals surface area contributed by atoms with Crippen molar-refractivity contribution >= 4 is 5.69 Å². The fraction of sp³-hybridized carbons (Fsp3) is 0.385. The van der Waals surface area contributed by atoms with Gasteiger partial charge in [-0.05, 0) is 51.0 Å². The maximum Gasteiger partial charge on any atom is 0.0497 e. The van der Waals surface area contributed by atoms with Gasteiger partial charge in [0.05, 0.1) is 0 Å². The molecule has 0 atom stereocenters. The fourth-order valence-electron chi connectivity index (χ4n) is 1.47. The lowest BCUT2D eigenvalue weighted by atomic mass is 10.0. The highest BCUT2D eigenvalue weighted by atomic mass is 14.9. The van der Waals surface area contributed by atoms with Crippen molar-refractivity contribution in [2.45, 2.75) is 33.2 Å². The van der Waals surface area contributed by atoms with Crippen LogP contribution in [-0.2, 0) is 0 Å². The van der Waals surface area contributed by atoms with Gasteiger partial charge in [0.1, 0.15) is 0 Å². The molecule has 0 saturated carbocycles. The summed E-state index contributed by atoms with van der Waals surface area (Å²) in [5, 5.41) is 3.43. The van der Waals surface area contributed by atoms with Gasteiger partial charge in [0.25, 0.3) is 0 Å². The van der Waals surface area contributed by atoms with Gasteiger partial charge in [0, 0.05) is 11.2 Å². The second-order valence-corrected chi connectivity index (χ2v) is 4.43. The van der Waals surface area contributed by atoms with E-state index in [0.29, 0.717) is 0 Å². The van der Waals surface area contributed by atoms with E-state index in [4.69, 9.17) is 0 Å². The number of anilines is 1. The highest BCUT2D eigenvalue weighted by molar-refractivity contribution is 5.50. The minimum atomic E-state index is -0.0553. The summed E-state index contributed by atoms with van der Waals surface area (Å²) in [6.07, 6.45) is 1.92. The monoisotopic (exact) mass is 189 g/mol. The Bertz CT molecular complexity index is 317. The summed E-state index contributed by atoms with van der Waals surface area (Å²) >= 11 is 0. The number of hydrogen-bond acceptors (Lipinski definition) is 1. The summed E-state index contributed by atoms with van der Waals surface area (Å²) in [7, 11) is 0. The minimum Gasteiger partial charge on any atom is -0.377 e. The van der Waals surface area contributed by atoms with Crippen LogP contribution in [0.5, 0.6) is 0 Å². The van der Waals surface area contributed by atoms with Gasteiger partial charge in [-0.1, -0.05) is 12.1 Å². The van der Waals surface area contributed by atoms with E-state index in [-0.39, 0.29) is 5.54 Å². The third kappa shape index (κ3) is 2.91. The Morgan fingerprint density at radius 2 is 1.64 bits per heavy atom. The molecule has 0 amide bonds. The van der Waals surface area contributed by atoms with Crippen molar-refractivity contribution in [2.24, 2.45) is 0 Å². The molecule has 14 heavy (non-hydrogen) atoms. The predicted octanol–water partition coefficient (Wildman–Crippen LogP) is 3.68. The largest absolute Gasteiger partial charge is 0.377 e. The van der Waals surface area contributed by atoms with E-state index in [2.05, 4.69) is 57.8 Å². The van der Waals surface area contributed by atoms with E-state index in [9.17, 15) is 0 Å². The van der Waals surface area contributed by atoms with Crippen molar-refractivity contribution in [3.63, 3.8) is 0 Å². The van der Waals surface area contributed by atoms with Gasteiger partial charge in [0.15, 0.2) is 0 Å². The van der Waals surface area contributed by atoms with E-state index in [1.807, 2.05) is 6.08 Å². The number of aryl methyl sites for hydroxylation is 2. The fourth-order valence-corrected chi connectivity index (χ4v) is 1.47. The lowest BCUT2D eigenvalue weighted by molar-refractivity contribution is 0.714. The van der Waals surface area contributed by atoms with E-state index >= 15 is 0 Å². The van der Waals surface area contributed by atoms with Crippen molar-refractivity contribution in [1.29, 1.82) is 0 Å². The maximum absolute atomic E-state index is 3.81. The van der Waals surface area contributed by atoms with Crippen LogP contribution < -0.4 is 5.32 Å². The molecule has 0 heterocycles. The third-order valence-electron chi connectivity index (χ3n) is 2.20. The number of nitrogens with one attached hydrogen (secondary N) is 1. The Hall–Kier alpha value is -1.24. The zero-order chi connectivity index (χ0) is 10.8. The summed E-state index contributed by atoms with van der Waals surface area (Å²) < 4.78 is 0. The molecule has 0 aliphatic carbocycles. The summed E-state index contributed by atoms with van der Waals surface area (Å²) in [6, 6.07) is 6.47. The molecule has 1 aromatic carbocycles. The molecule has 1 heteroatoms. The van der Waals surface area contributed by atoms with E-state index < -0.39 is 0 Å². The molecule has 0 spiro atoms. The molecule has 0 radical (unpaired) electrons. The zero-order valence-corrected chi connectivity index (χ0v) is 9.52. The van der Waals surface area contributed by atoms with E-state index in [1.165, 1.54) is 11.1 Å². The van der Waals surface area contributed by atoms with Crippen LogP contribution in [0.2, 0.25) is 0 Å². The molecule has 76 valence electrons. The van der Waals surface area contributed by atoms with E-state index in [0.717, 1.165) is 5.69 Å². The molecular weight excluding hydrogens is 170 g/mol. The Kier molecular flexibility index (Phi) is 3.00. The first-order valence-electron chi connectivity index (χ1n) is 4.93. The molecular formula is C13H19N. The first-order chi connectivity index (χ1) is 6.43. The van der Waals surface area contributed by atoms with Gasteiger partial charge in [-0.3, -0.25) is 0 Å². The zero-order valence-electron chi connectivity index (χ0n) is 9.52. The molecule has 0 bridgehead atoms. The summed E-state index contributed by atoms with van der Waals surface area (Å²) in [6.45, 7) is 12.2. The first kappa shape index (κ1) is 10.8. The van der Waals surface area contributed by atoms with Gasteiger partial charge in [-0.25, -0.2) is 0 Å². The Balaban J connectivity index is 2.92. The van der Waals surface area contributed by atoms with Crippen LogP contribution in [0.4, 0.5) is 5.69 Å². The number of benzene rings is 1. The van der Waals surface area contributed by atoms with Gasteiger partial charge >= 0.3 is 0 Å². The van der Waals surface area contributed by atoms with Crippen molar-refractivity contribution in [3.05, 3.63) is 42.0 Å². The molecule has 1 rings (SSSR count). The number of rotatable bonds is 3. The van der Waals surface area contributed by atoms with Crippen LogP contribution in [-0.4, -0.2) is 5.54 Å². The second kappa shape index (κ2) is 3.87. The normalized spacial score (nSPS) is 11.1. The van der Waals surface area contributed by atoms with Crippen molar-refractivity contribution in [2.75, 3.05) is 5.32 Å². The first-order valence-corrected chi connectivity index (χ1v) is 4.93. The quantitative estimate of drug-likeness (QED) is 0.715. The summed E-state index contributed by atoms with van der Waals surface area (Å²) in [4.78, 5) is 0. The van der Waals surface area contributed by atoms with Gasteiger partial charge < -0.3 is 5.32 Å². The SMILES string of the molecule is C=CC(C)(C)Nc1cc(C)cc(C)c1. The van der Waals surface area contributed by atoms with E-state index in [1.54, 1.807) is 0 Å². The summed E-state index contributed by atoms with van der Waals surface area (Å²) in [5.74, 6) is 0. The highest BCUT2D eigenvalue weighted by Gasteiger charge is 2.11. The van der Waals surface area contributed by atoms with Crippen LogP contribution in [0.15, 0.2) is 30.9 Å². The van der Waals surface area contributed by atoms with Crippen LogP contribution in [0.25, 0.3) is 0 Å². The smallest absolute Gasteiger partial charge is 0.0497 e. The molecule has 0 aliphatic rings. The van der Waals surface area contributed by atoms with Crippen LogP contribution in [0, 0.1) is 13.8 Å². The Morgan fingerprint density at radius 3 is 2.07 bits per heavy atom. The highest BCUT2D eigenvalue weighted by Crippen LogP contribution is 2.18. The van der Waals surface area contributed by atoms with Crippen molar-refractivity contribution < 1.29 is 0 Å². The Morgan fingerprint density at radius 1 is 1.14 bits per heavy atom. The number of hydrogen-bond donors (Lipinski definition) is 1. The molecule has 0 aliphatic heterocycles. The molecule has 0 unspecified atom stereocenters. The van der Waals surface area contributed by atoms with Crippen LogP contribution in [0.3, 0.4) is 0 Å². The third-order valence-corrected chi connectivity index (χ3v) is 2.20. The summed E-state index contributed by atoms with van der Waals surface area (Å²) in [5.41, 5.74) is 3.67. The van der Waals surface area contributed by atoms with Crippen molar-refractivity contribution in [3.8, 4) is 0 Å². The molecule has 0 fully saturated rings. The molecule has 1 aromatic rings. The van der Waals surface area contributed by atoms with Crippen molar-refractivity contribution in [1.82, 2.24) is 0 Å². The topological polar surface area (TPSA) is 12.0 Å². The standard InChI is InChI=1S/C13H19N/c1-6-13(4,5)14-12-8-10(2)7-11(3)9-12/h6-9,14H,1H2,2-5H3. The molecule has 0 saturated heterocycles. The van der Waals surface area contributed by atoms with Gasteiger partial charge in [0.2, 0.25) is 0 Å². The van der Waals surface area contributed by atoms with Crippen LogP contribution in [0.1, 0.15) is 25.0 Å². The molecule has 1 nitrogen and oxygen atoms in total. The lowest BCUT2D eigenvalue weighted by Gasteiger charge is -2.23. The van der Waals surface area contributed by atoms with Gasteiger partial charge in [-0.15, -0.1) is 6.58 Å². The molecule has 0 aromatic heterocycles. The average molecular weight is 189 g/mol. The minimum absolute atomic E-state index is 0.0553. The van der Waals surface area contributed by atoms with Gasteiger partial charge in [-0.2, -0.15) is 0 Å². The average Bonchev–Trinajstić information content (AvgIpc) is 2.01. The predicted molar refractivity (Wildman–Crippen MR) is 63.8 cm³/mol. The second-order valence-electron chi connectivity index (χ2n) is 4.43. The molecule has 1 N–H and O–H groups in total.